The van der Waals surface area contributed by atoms with Gasteiger partial charge in [-0.2, -0.15) is 0 Å². The summed E-state index contributed by atoms with van der Waals surface area (Å²) in [4.78, 5) is 20.2. The molecule has 2 atom stereocenters. The van der Waals surface area contributed by atoms with Gasteiger partial charge in [-0.25, -0.2) is 19.8 Å². The first-order valence-electron chi connectivity index (χ1n) is 23.9. The lowest BCUT2D eigenvalue weighted by atomic mass is 9.88. The number of nitrogens with zero attached hydrogens (tertiary/aromatic N) is 5. The third-order valence-electron chi connectivity index (χ3n) is 13.7. The summed E-state index contributed by atoms with van der Waals surface area (Å²) in [6, 6.07) is 56.2. The number of benzene rings is 7. The molecule has 3 aliphatic rings. The Balaban J connectivity index is 1.13. The van der Waals surface area contributed by atoms with E-state index in [1.165, 1.54) is 5.56 Å². The van der Waals surface area contributed by atoms with Crippen LogP contribution in [0.3, 0.4) is 0 Å². The van der Waals surface area contributed by atoms with Gasteiger partial charge in [-0.15, -0.1) is 0 Å². The van der Waals surface area contributed by atoms with Gasteiger partial charge in [0.25, 0.3) is 0 Å². The van der Waals surface area contributed by atoms with E-state index in [2.05, 4.69) is 222 Å². The Morgan fingerprint density at radius 2 is 1.09 bits per heavy atom. The van der Waals surface area contributed by atoms with Gasteiger partial charge in [0, 0.05) is 39.5 Å². The zero-order chi connectivity index (χ0) is 46.1. The molecule has 0 N–H and O–H groups in total. The summed E-state index contributed by atoms with van der Waals surface area (Å²) in [7, 11) is 0. The zero-order valence-corrected chi connectivity index (χ0v) is 38.1. The summed E-state index contributed by atoms with van der Waals surface area (Å²) < 4.78 is 2.42. The summed E-state index contributed by atoms with van der Waals surface area (Å²) in [5.41, 5.74) is 15.8. The van der Waals surface area contributed by atoms with Crippen LogP contribution in [0.1, 0.15) is 54.5 Å². The minimum Gasteiger partial charge on any atom is -0.308 e. The second-order valence-corrected chi connectivity index (χ2v) is 18.0. The minimum atomic E-state index is -0.00579. The van der Waals surface area contributed by atoms with Crippen molar-refractivity contribution in [1.82, 2.24) is 19.5 Å². The van der Waals surface area contributed by atoms with Crippen LogP contribution in [0.25, 0.3) is 94.1 Å². The molecule has 0 radical (unpaired) electrons. The van der Waals surface area contributed by atoms with Gasteiger partial charge in [-0.1, -0.05) is 176 Å². The molecule has 0 bridgehead atoms. The summed E-state index contributed by atoms with van der Waals surface area (Å²) in [5, 5.41) is 2.13. The Labute approximate surface area is 403 Å². The van der Waals surface area contributed by atoms with Gasteiger partial charge in [0.1, 0.15) is 5.82 Å². The highest BCUT2D eigenvalue weighted by Crippen LogP contribution is 2.45. The lowest BCUT2D eigenvalue weighted by Gasteiger charge is -2.22. The standard InChI is InChI=1S/C64H47N5/c1-65-54-33-35-60-58(42-54)57-39-49(43-20-8-2-9-21-43)32-34-59(57)69(60)61-55(46-26-14-5-15-27-46)40-53(41-56(61)47-28-16-6-17-29-47)64-67-62(48-30-18-7-19-31-48)66-63(68-64)52-37-50(44-22-10-3-11-23-44)36-51(38-52)45-24-12-4-13-25-45/h2-5,7-16,18-24,26-30,32-42,45,48H,6,17,25,31H2. The monoisotopic (exact) mass is 885 g/mol. The Morgan fingerprint density at radius 3 is 1.74 bits per heavy atom. The third-order valence-corrected chi connectivity index (χ3v) is 13.7. The molecule has 2 unspecified atom stereocenters. The molecule has 69 heavy (non-hydrogen) atoms. The Bertz CT molecular complexity index is 3670. The lowest BCUT2D eigenvalue weighted by molar-refractivity contribution is 0.764. The Kier molecular flexibility index (Phi) is 11.0. The van der Waals surface area contributed by atoms with E-state index in [1.54, 1.807) is 0 Å². The van der Waals surface area contributed by atoms with Crippen LogP contribution < -0.4 is 0 Å². The fourth-order valence-electron chi connectivity index (χ4n) is 10.2. The van der Waals surface area contributed by atoms with Crippen molar-refractivity contribution in [2.45, 2.75) is 37.5 Å². The molecule has 9 aromatic rings. The van der Waals surface area contributed by atoms with Gasteiger partial charge in [0.05, 0.1) is 23.3 Å². The largest absolute Gasteiger partial charge is 0.308 e. The van der Waals surface area contributed by atoms with Crippen molar-refractivity contribution in [3.05, 3.63) is 253 Å². The predicted molar refractivity (Wildman–Crippen MR) is 285 cm³/mol. The normalized spacial score (nSPS) is 16.2. The quantitative estimate of drug-likeness (QED) is 0.136. The number of hydrogen-bond acceptors (Lipinski definition) is 3. The smallest absolute Gasteiger partial charge is 0.188 e. The first-order valence-corrected chi connectivity index (χ1v) is 23.9. The highest BCUT2D eigenvalue weighted by Gasteiger charge is 2.25. The molecule has 2 heterocycles. The van der Waals surface area contributed by atoms with E-state index in [1.807, 2.05) is 12.1 Å². The van der Waals surface area contributed by atoms with Crippen molar-refractivity contribution in [1.29, 1.82) is 0 Å². The third kappa shape index (κ3) is 8.07. The summed E-state index contributed by atoms with van der Waals surface area (Å²) >= 11 is 0. The molecular weight excluding hydrogens is 839 g/mol. The predicted octanol–water partition coefficient (Wildman–Crippen LogP) is 16.8. The summed E-state index contributed by atoms with van der Waals surface area (Å²) in [6.45, 7) is 8.03. The molecule has 0 saturated carbocycles. The molecule has 12 rings (SSSR count). The maximum Gasteiger partial charge on any atom is 0.188 e. The highest BCUT2D eigenvalue weighted by atomic mass is 15.0. The van der Waals surface area contributed by atoms with Gasteiger partial charge >= 0.3 is 0 Å². The summed E-state index contributed by atoms with van der Waals surface area (Å²) in [6.07, 6.45) is 28.0. The van der Waals surface area contributed by atoms with Gasteiger partial charge in [-0.05, 0) is 119 Å². The Morgan fingerprint density at radius 1 is 0.478 bits per heavy atom. The van der Waals surface area contributed by atoms with Crippen molar-refractivity contribution in [3.8, 4) is 61.8 Å². The van der Waals surface area contributed by atoms with Crippen LogP contribution in [-0.2, 0) is 0 Å². The molecule has 2 aromatic heterocycles. The fourth-order valence-corrected chi connectivity index (χ4v) is 10.2. The number of allylic oxidation sites excluding steroid dienone is 12. The van der Waals surface area contributed by atoms with Gasteiger partial charge < -0.3 is 4.57 Å². The number of fused-ring (bicyclic) bond motifs is 3. The van der Waals surface area contributed by atoms with E-state index < -0.39 is 0 Å². The van der Waals surface area contributed by atoms with Gasteiger partial charge in [-0.3, -0.25) is 0 Å². The maximum atomic E-state index is 8.03. The average molecular weight is 886 g/mol. The zero-order valence-electron chi connectivity index (χ0n) is 38.1. The van der Waals surface area contributed by atoms with Gasteiger partial charge in [0.15, 0.2) is 17.3 Å². The first-order chi connectivity index (χ1) is 34.1. The van der Waals surface area contributed by atoms with E-state index >= 15 is 0 Å². The highest BCUT2D eigenvalue weighted by molar-refractivity contribution is 6.12. The van der Waals surface area contributed by atoms with E-state index in [0.717, 1.165) is 115 Å². The average Bonchev–Trinajstić information content (AvgIpc) is 3.76. The molecule has 0 aliphatic heterocycles. The lowest BCUT2D eigenvalue weighted by Crippen LogP contribution is -2.09. The van der Waals surface area contributed by atoms with E-state index in [-0.39, 0.29) is 11.8 Å². The molecule has 5 heteroatoms. The molecule has 0 spiro atoms. The molecule has 0 amide bonds. The van der Waals surface area contributed by atoms with Crippen molar-refractivity contribution in [2.24, 2.45) is 0 Å². The van der Waals surface area contributed by atoms with E-state index in [4.69, 9.17) is 21.5 Å². The Hall–Kier alpha value is -8.72. The van der Waals surface area contributed by atoms with Crippen LogP contribution in [0.2, 0.25) is 0 Å². The van der Waals surface area contributed by atoms with Crippen LogP contribution in [-0.4, -0.2) is 19.5 Å². The molecule has 7 aromatic carbocycles. The van der Waals surface area contributed by atoms with Crippen LogP contribution >= 0.6 is 0 Å². The van der Waals surface area contributed by atoms with E-state index in [9.17, 15) is 0 Å². The molecule has 5 nitrogen and oxygen atoms in total. The van der Waals surface area contributed by atoms with E-state index in [0.29, 0.717) is 17.3 Å². The maximum absolute atomic E-state index is 8.03. The molecular formula is C64H47N5. The SMILES string of the molecule is [C-]#[N+]c1ccc2c(c1)c1cc(-c3ccccc3)ccc1n2-c1c(C2=CCCC=C2)cc(-c2nc(-c3cc(-c4ccccc4)cc(C4C=CC=CC4)c3)nc(C3C=CC=CC3)n2)cc1-c1ccccc1. The van der Waals surface area contributed by atoms with Crippen molar-refractivity contribution >= 4 is 33.1 Å². The molecule has 328 valence electrons. The number of hydrogen-bond donors (Lipinski definition) is 0. The first kappa shape index (κ1) is 41.7. The van der Waals surface area contributed by atoms with Crippen LogP contribution in [0, 0.1) is 6.57 Å². The summed E-state index contributed by atoms with van der Waals surface area (Å²) in [5.74, 6) is 2.27. The molecule has 0 fully saturated rings. The van der Waals surface area contributed by atoms with Gasteiger partial charge in [0.2, 0.25) is 0 Å². The van der Waals surface area contributed by atoms with Crippen LogP contribution in [0.15, 0.2) is 225 Å². The van der Waals surface area contributed by atoms with Crippen molar-refractivity contribution < 1.29 is 0 Å². The van der Waals surface area contributed by atoms with Crippen molar-refractivity contribution in [2.75, 3.05) is 0 Å². The number of rotatable bonds is 9. The van der Waals surface area contributed by atoms with Crippen LogP contribution in [0.4, 0.5) is 5.69 Å². The van der Waals surface area contributed by atoms with Crippen molar-refractivity contribution in [3.63, 3.8) is 0 Å². The second kappa shape index (κ2) is 18.2. The minimum absolute atomic E-state index is 0.00579. The molecule has 3 aliphatic carbocycles. The molecule has 0 saturated heterocycles. The second-order valence-electron chi connectivity index (χ2n) is 18.0. The van der Waals surface area contributed by atoms with Crippen LogP contribution in [0.5, 0.6) is 0 Å². The number of aromatic nitrogens is 4. The fraction of sp³-hybridized carbons (Fsp3) is 0.0938. The topological polar surface area (TPSA) is 48.0 Å².